The average Bonchev–Trinajstić information content (AvgIpc) is 2.85. The van der Waals surface area contributed by atoms with Crippen LogP contribution in [0.4, 0.5) is 0 Å². The van der Waals surface area contributed by atoms with E-state index in [9.17, 15) is 4.79 Å². The zero-order chi connectivity index (χ0) is 10.8. The van der Waals surface area contributed by atoms with Crippen molar-refractivity contribution in [2.24, 2.45) is 0 Å². The number of hydrogen-bond donors (Lipinski definition) is 0. The molecule has 0 saturated heterocycles. The van der Waals surface area contributed by atoms with Crippen LogP contribution in [0, 0.1) is 6.92 Å². The van der Waals surface area contributed by atoms with Crippen molar-refractivity contribution in [3.63, 3.8) is 0 Å². The van der Waals surface area contributed by atoms with Gasteiger partial charge < -0.3 is 9.15 Å². The topological polar surface area (TPSA) is 65.2 Å². The predicted octanol–water partition coefficient (Wildman–Crippen LogP) is 1.89. The highest BCUT2D eigenvalue weighted by atomic mass is 32.1. The van der Waals surface area contributed by atoms with Crippen LogP contribution in [0.3, 0.4) is 0 Å². The largest absolute Gasteiger partial charge is 0.468 e. The summed E-state index contributed by atoms with van der Waals surface area (Å²) in [4.78, 5) is 11.4. The van der Waals surface area contributed by atoms with E-state index in [2.05, 4.69) is 14.3 Å². The molecule has 0 aliphatic rings. The molecular formula is C9H8N2O3S. The maximum atomic E-state index is 11.4. The van der Waals surface area contributed by atoms with Gasteiger partial charge in [-0.3, -0.25) is 0 Å². The van der Waals surface area contributed by atoms with Crippen LogP contribution < -0.4 is 0 Å². The first-order valence-corrected chi connectivity index (χ1v) is 5.01. The fourth-order valence-electron chi connectivity index (χ4n) is 1.31. The molecule has 0 unspecified atom stereocenters. The Hall–Kier alpha value is -1.69. The van der Waals surface area contributed by atoms with Crippen LogP contribution in [-0.2, 0) is 4.74 Å². The van der Waals surface area contributed by atoms with Gasteiger partial charge in [-0.25, -0.2) is 4.79 Å². The Bertz CT molecular complexity index is 476. The smallest absolute Gasteiger partial charge is 0.341 e. The first kappa shape index (κ1) is 9.85. The Kier molecular flexibility index (Phi) is 2.51. The predicted molar refractivity (Wildman–Crippen MR) is 53.7 cm³/mol. The summed E-state index contributed by atoms with van der Waals surface area (Å²) in [5.74, 6) is 0.193. The zero-order valence-electron chi connectivity index (χ0n) is 8.18. The molecule has 0 bridgehead atoms. The standard InChI is InChI=1S/C9H8N2O3S/c1-5-8(7-4-15-11-10-7)6(3-14-5)9(12)13-2/h3-4H,1-2H3. The van der Waals surface area contributed by atoms with E-state index in [1.165, 1.54) is 24.9 Å². The van der Waals surface area contributed by atoms with Crippen LogP contribution >= 0.6 is 11.5 Å². The van der Waals surface area contributed by atoms with E-state index < -0.39 is 5.97 Å². The lowest BCUT2D eigenvalue weighted by atomic mass is 10.1. The van der Waals surface area contributed by atoms with Crippen molar-refractivity contribution < 1.29 is 13.9 Å². The highest BCUT2D eigenvalue weighted by Gasteiger charge is 2.20. The van der Waals surface area contributed by atoms with Crippen molar-refractivity contribution >= 4 is 17.5 Å². The van der Waals surface area contributed by atoms with E-state index in [1.807, 2.05) is 0 Å². The molecule has 0 atom stereocenters. The number of furan rings is 1. The van der Waals surface area contributed by atoms with E-state index in [-0.39, 0.29) is 0 Å². The highest BCUT2D eigenvalue weighted by Crippen LogP contribution is 2.28. The normalized spacial score (nSPS) is 10.3. The number of aromatic nitrogens is 2. The molecule has 0 aromatic carbocycles. The van der Waals surface area contributed by atoms with E-state index in [1.54, 1.807) is 12.3 Å². The minimum atomic E-state index is -0.435. The number of ether oxygens (including phenoxy) is 1. The molecule has 0 fully saturated rings. The molecule has 0 spiro atoms. The minimum absolute atomic E-state index is 0.378. The summed E-state index contributed by atoms with van der Waals surface area (Å²) in [6.07, 6.45) is 1.37. The van der Waals surface area contributed by atoms with Gasteiger partial charge in [-0.15, -0.1) is 5.10 Å². The van der Waals surface area contributed by atoms with Gasteiger partial charge >= 0.3 is 5.97 Å². The van der Waals surface area contributed by atoms with Crippen LogP contribution in [0.15, 0.2) is 16.1 Å². The van der Waals surface area contributed by atoms with Crippen LogP contribution in [0.25, 0.3) is 11.3 Å². The summed E-state index contributed by atoms with van der Waals surface area (Å²) in [5.41, 5.74) is 1.66. The van der Waals surface area contributed by atoms with Gasteiger partial charge in [0.05, 0.1) is 12.7 Å². The van der Waals surface area contributed by atoms with Crippen LogP contribution in [0.5, 0.6) is 0 Å². The molecule has 0 amide bonds. The van der Waals surface area contributed by atoms with Gasteiger partial charge in [0.1, 0.15) is 23.3 Å². The number of methoxy groups -OCH3 is 1. The lowest BCUT2D eigenvalue weighted by Gasteiger charge is -1.97. The lowest BCUT2D eigenvalue weighted by molar-refractivity contribution is 0.0600. The number of nitrogens with zero attached hydrogens (tertiary/aromatic N) is 2. The van der Waals surface area contributed by atoms with Gasteiger partial charge in [0.25, 0.3) is 0 Å². The SMILES string of the molecule is COC(=O)c1coc(C)c1-c1csnn1. The molecule has 0 radical (unpaired) electrons. The van der Waals surface area contributed by atoms with Crippen molar-refractivity contribution in [3.8, 4) is 11.3 Å². The second kappa shape index (κ2) is 3.82. The molecule has 2 rings (SSSR count). The minimum Gasteiger partial charge on any atom is -0.468 e. The number of rotatable bonds is 2. The molecule has 6 heteroatoms. The Morgan fingerprint density at radius 1 is 1.60 bits per heavy atom. The third kappa shape index (κ3) is 1.63. The molecule has 0 aliphatic heterocycles. The third-order valence-electron chi connectivity index (χ3n) is 2.00. The van der Waals surface area contributed by atoms with E-state index in [0.717, 1.165) is 0 Å². The Morgan fingerprint density at radius 2 is 2.40 bits per heavy atom. The molecule has 15 heavy (non-hydrogen) atoms. The quantitative estimate of drug-likeness (QED) is 0.729. The maximum absolute atomic E-state index is 11.4. The summed E-state index contributed by atoms with van der Waals surface area (Å²) in [5, 5.41) is 5.65. The average molecular weight is 224 g/mol. The number of carbonyl (C=O) groups is 1. The fraction of sp³-hybridized carbons (Fsp3) is 0.222. The van der Waals surface area contributed by atoms with Crippen LogP contribution in [0.2, 0.25) is 0 Å². The molecular weight excluding hydrogens is 216 g/mol. The summed E-state index contributed by atoms with van der Waals surface area (Å²) < 4.78 is 13.6. The molecule has 2 heterocycles. The zero-order valence-corrected chi connectivity index (χ0v) is 9.00. The number of hydrogen-bond acceptors (Lipinski definition) is 6. The lowest BCUT2D eigenvalue weighted by Crippen LogP contribution is -2.01. The van der Waals surface area contributed by atoms with E-state index in [0.29, 0.717) is 22.6 Å². The van der Waals surface area contributed by atoms with Gasteiger partial charge in [0.2, 0.25) is 0 Å². The molecule has 2 aromatic rings. The van der Waals surface area contributed by atoms with Gasteiger partial charge in [0.15, 0.2) is 0 Å². The van der Waals surface area contributed by atoms with Crippen LogP contribution in [-0.4, -0.2) is 22.7 Å². The molecule has 5 nitrogen and oxygen atoms in total. The van der Waals surface area contributed by atoms with Crippen molar-refractivity contribution in [1.29, 1.82) is 0 Å². The number of carbonyl (C=O) groups excluding carboxylic acids is 1. The Balaban J connectivity index is 2.55. The van der Waals surface area contributed by atoms with Crippen LogP contribution in [0.1, 0.15) is 16.1 Å². The molecule has 78 valence electrons. The Labute approximate surface area is 89.8 Å². The van der Waals surface area contributed by atoms with Crippen molar-refractivity contribution in [2.45, 2.75) is 6.92 Å². The second-order valence-corrected chi connectivity index (χ2v) is 3.47. The van der Waals surface area contributed by atoms with Gasteiger partial charge in [-0.1, -0.05) is 4.49 Å². The summed E-state index contributed by atoms with van der Waals surface area (Å²) in [6, 6.07) is 0. The molecule has 0 saturated carbocycles. The summed E-state index contributed by atoms with van der Waals surface area (Å²) >= 11 is 1.22. The van der Waals surface area contributed by atoms with Crippen molar-refractivity contribution in [3.05, 3.63) is 23.0 Å². The molecule has 0 aliphatic carbocycles. The highest BCUT2D eigenvalue weighted by molar-refractivity contribution is 7.03. The first-order chi connectivity index (χ1) is 7.24. The number of aryl methyl sites for hydroxylation is 1. The number of esters is 1. The maximum Gasteiger partial charge on any atom is 0.341 e. The van der Waals surface area contributed by atoms with Gasteiger partial charge in [-0.2, -0.15) is 0 Å². The third-order valence-corrected chi connectivity index (χ3v) is 2.50. The van der Waals surface area contributed by atoms with E-state index >= 15 is 0 Å². The van der Waals surface area contributed by atoms with Crippen molar-refractivity contribution in [2.75, 3.05) is 7.11 Å². The fourth-order valence-corrected chi connectivity index (χ4v) is 1.75. The molecule has 2 aromatic heterocycles. The van der Waals surface area contributed by atoms with Crippen molar-refractivity contribution in [1.82, 2.24) is 9.59 Å². The van der Waals surface area contributed by atoms with E-state index in [4.69, 9.17) is 4.42 Å². The summed E-state index contributed by atoms with van der Waals surface area (Å²) in [7, 11) is 1.33. The second-order valence-electron chi connectivity index (χ2n) is 2.86. The van der Waals surface area contributed by atoms with Gasteiger partial charge in [0, 0.05) is 5.38 Å². The van der Waals surface area contributed by atoms with Gasteiger partial charge in [-0.05, 0) is 18.5 Å². The Morgan fingerprint density at radius 3 is 3.00 bits per heavy atom. The monoisotopic (exact) mass is 224 g/mol. The molecule has 0 N–H and O–H groups in total. The first-order valence-electron chi connectivity index (χ1n) is 4.18. The summed E-state index contributed by atoms with van der Waals surface area (Å²) in [6.45, 7) is 1.76.